The van der Waals surface area contributed by atoms with E-state index in [0.717, 1.165) is 0 Å². The fourth-order valence-electron chi connectivity index (χ4n) is 1.39. The van der Waals surface area contributed by atoms with Crippen LogP contribution in [-0.4, -0.2) is 18.4 Å². The molecule has 2 amide bonds. The molecule has 0 radical (unpaired) electrons. The zero-order chi connectivity index (χ0) is 12.8. The minimum absolute atomic E-state index is 0.0109. The first-order valence-electron chi connectivity index (χ1n) is 5.04. The van der Waals surface area contributed by atoms with Crippen LogP contribution in [-0.2, 0) is 9.59 Å². The van der Waals surface area contributed by atoms with Crippen LogP contribution in [0.2, 0.25) is 0 Å². The van der Waals surface area contributed by atoms with Gasteiger partial charge in [0.15, 0.2) is 6.61 Å². The first kappa shape index (κ1) is 13.0. The molecule has 0 spiro atoms. The maximum absolute atomic E-state index is 10.8. The number of hydrogen-bond acceptors (Lipinski definition) is 4. The molecule has 0 fully saturated rings. The molecule has 0 aromatic heterocycles. The van der Waals surface area contributed by atoms with Crippen molar-refractivity contribution in [3.05, 3.63) is 29.8 Å². The van der Waals surface area contributed by atoms with Crippen molar-refractivity contribution in [2.45, 2.75) is 12.5 Å². The molecule has 1 unspecified atom stereocenters. The second-order valence-corrected chi connectivity index (χ2v) is 3.57. The Kier molecular flexibility index (Phi) is 4.47. The van der Waals surface area contributed by atoms with Crippen LogP contribution in [0.1, 0.15) is 18.0 Å². The summed E-state index contributed by atoms with van der Waals surface area (Å²) in [5.74, 6) is -0.648. The number of amides is 2. The van der Waals surface area contributed by atoms with Gasteiger partial charge in [-0.1, -0.05) is 18.2 Å². The van der Waals surface area contributed by atoms with Crippen molar-refractivity contribution in [2.75, 3.05) is 6.61 Å². The predicted molar refractivity (Wildman–Crippen MR) is 61.9 cm³/mol. The molecule has 0 heterocycles. The van der Waals surface area contributed by atoms with E-state index in [1.54, 1.807) is 24.3 Å². The summed E-state index contributed by atoms with van der Waals surface area (Å²) < 4.78 is 5.19. The molecular weight excluding hydrogens is 222 g/mol. The Morgan fingerprint density at radius 3 is 2.41 bits per heavy atom. The van der Waals surface area contributed by atoms with Crippen LogP contribution >= 0.6 is 0 Å². The third kappa shape index (κ3) is 4.12. The van der Waals surface area contributed by atoms with Gasteiger partial charge in [-0.25, -0.2) is 0 Å². The predicted octanol–water partition coefficient (Wildman–Crippen LogP) is -0.574. The smallest absolute Gasteiger partial charge is 0.255 e. The summed E-state index contributed by atoms with van der Waals surface area (Å²) in [6.07, 6.45) is 0.0109. The van der Waals surface area contributed by atoms with Crippen molar-refractivity contribution in [1.82, 2.24) is 0 Å². The Morgan fingerprint density at radius 2 is 1.82 bits per heavy atom. The Morgan fingerprint density at radius 1 is 1.18 bits per heavy atom. The second kappa shape index (κ2) is 5.86. The molecule has 1 atom stereocenters. The number of ether oxygens (including phenoxy) is 1. The molecule has 0 aliphatic rings. The maximum atomic E-state index is 10.8. The van der Waals surface area contributed by atoms with Crippen LogP contribution in [0.25, 0.3) is 0 Å². The molecule has 1 aromatic rings. The molecule has 0 saturated heterocycles. The standard InChI is InChI=1S/C11H15N3O3/c12-8(5-10(13)15)7-3-1-2-4-9(7)17-6-11(14)16/h1-4,8H,5-6,12H2,(H2,13,15)(H2,14,16). The SMILES string of the molecule is NC(=O)COc1ccccc1C(N)CC(N)=O. The zero-order valence-corrected chi connectivity index (χ0v) is 9.26. The minimum atomic E-state index is -0.580. The molecule has 6 nitrogen and oxygen atoms in total. The summed E-state index contributed by atoms with van der Waals surface area (Å²) in [7, 11) is 0. The van der Waals surface area contributed by atoms with E-state index in [9.17, 15) is 9.59 Å². The van der Waals surface area contributed by atoms with Crippen molar-refractivity contribution in [1.29, 1.82) is 0 Å². The molecule has 0 bridgehead atoms. The third-order valence-electron chi connectivity index (χ3n) is 2.11. The van der Waals surface area contributed by atoms with E-state index in [4.69, 9.17) is 21.9 Å². The Hall–Kier alpha value is -2.08. The van der Waals surface area contributed by atoms with Gasteiger partial charge in [-0.05, 0) is 6.07 Å². The second-order valence-electron chi connectivity index (χ2n) is 3.57. The summed E-state index contributed by atoms with van der Waals surface area (Å²) in [5.41, 5.74) is 16.5. The van der Waals surface area contributed by atoms with Gasteiger partial charge >= 0.3 is 0 Å². The van der Waals surface area contributed by atoms with E-state index in [1.807, 2.05) is 0 Å². The van der Waals surface area contributed by atoms with Gasteiger partial charge < -0.3 is 21.9 Å². The summed E-state index contributed by atoms with van der Waals surface area (Å²) >= 11 is 0. The van der Waals surface area contributed by atoms with Crippen molar-refractivity contribution >= 4 is 11.8 Å². The van der Waals surface area contributed by atoms with E-state index in [0.29, 0.717) is 11.3 Å². The molecule has 6 N–H and O–H groups in total. The van der Waals surface area contributed by atoms with Gasteiger partial charge in [-0.15, -0.1) is 0 Å². The highest BCUT2D eigenvalue weighted by molar-refractivity contribution is 5.76. The van der Waals surface area contributed by atoms with E-state index in [2.05, 4.69) is 0 Å². The normalized spacial score (nSPS) is 11.8. The van der Waals surface area contributed by atoms with Crippen molar-refractivity contribution in [3.63, 3.8) is 0 Å². The highest BCUT2D eigenvalue weighted by Gasteiger charge is 2.14. The molecule has 1 aromatic carbocycles. The number of rotatable bonds is 6. The fourth-order valence-corrected chi connectivity index (χ4v) is 1.39. The Balaban J connectivity index is 2.83. The monoisotopic (exact) mass is 237 g/mol. The van der Waals surface area contributed by atoms with Gasteiger partial charge in [-0.2, -0.15) is 0 Å². The molecule has 0 saturated carbocycles. The van der Waals surface area contributed by atoms with Gasteiger partial charge in [0, 0.05) is 18.0 Å². The summed E-state index contributed by atoms with van der Waals surface area (Å²) in [6.45, 7) is -0.236. The average molecular weight is 237 g/mol. The number of carbonyl (C=O) groups excluding carboxylic acids is 2. The molecule has 1 rings (SSSR count). The van der Waals surface area contributed by atoms with Crippen LogP contribution in [0.15, 0.2) is 24.3 Å². The highest BCUT2D eigenvalue weighted by Crippen LogP contribution is 2.25. The molecule has 0 aliphatic carbocycles. The first-order valence-corrected chi connectivity index (χ1v) is 5.04. The van der Waals surface area contributed by atoms with Crippen LogP contribution in [0.4, 0.5) is 0 Å². The van der Waals surface area contributed by atoms with Crippen molar-refractivity contribution in [3.8, 4) is 5.75 Å². The van der Waals surface area contributed by atoms with E-state index < -0.39 is 17.9 Å². The topological polar surface area (TPSA) is 121 Å². The summed E-state index contributed by atoms with van der Waals surface area (Å²) in [4.78, 5) is 21.4. The minimum Gasteiger partial charge on any atom is -0.483 e. The Labute approximate surface area is 98.7 Å². The van der Waals surface area contributed by atoms with Gasteiger partial charge in [0.05, 0.1) is 0 Å². The van der Waals surface area contributed by atoms with Crippen LogP contribution in [0.5, 0.6) is 5.75 Å². The van der Waals surface area contributed by atoms with E-state index in [-0.39, 0.29) is 13.0 Å². The molecule has 17 heavy (non-hydrogen) atoms. The number of hydrogen-bond donors (Lipinski definition) is 3. The van der Waals surface area contributed by atoms with Gasteiger partial charge in [0.1, 0.15) is 5.75 Å². The van der Waals surface area contributed by atoms with E-state index in [1.165, 1.54) is 0 Å². The lowest BCUT2D eigenvalue weighted by atomic mass is 10.0. The largest absolute Gasteiger partial charge is 0.483 e. The highest BCUT2D eigenvalue weighted by atomic mass is 16.5. The maximum Gasteiger partial charge on any atom is 0.255 e. The van der Waals surface area contributed by atoms with Gasteiger partial charge in [-0.3, -0.25) is 9.59 Å². The quantitative estimate of drug-likeness (QED) is 0.613. The zero-order valence-electron chi connectivity index (χ0n) is 9.26. The summed E-state index contributed by atoms with van der Waals surface area (Å²) in [6, 6.07) is 6.30. The fraction of sp³-hybridized carbons (Fsp3) is 0.273. The Bertz CT molecular complexity index is 420. The lowest BCUT2D eigenvalue weighted by Gasteiger charge is -2.15. The molecule has 92 valence electrons. The first-order chi connectivity index (χ1) is 8.00. The number of para-hydroxylation sites is 1. The van der Waals surface area contributed by atoms with Crippen molar-refractivity contribution in [2.24, 2.45) is 17.2 Å². The molecular formula is C11H15N3O3. The molecule has 6 heteroatoms. The number of primary amides is 2. The lowest BCUT2D eigenvalue weighted by Crippen LogP contribution is -2.23. The van der Waals surface area contributed by atoms with Crippen LogP contribution < -0.4 is 21.9 Å². The average Bonchev–Trinajstić information content (AvgIpc) is 2.25. The van der Waals surface area contributed by atoms with Gasteiger partial charge in [0.2, 0.25) is 5.91 Å². The van der Waals surface area contributed by atoms with Gasteiger partial charge in [0.25, 0.3) is 5.91 Å². The molecule has 0 aliphatic heterocycles. The number of benzene rings is 1. The lowest BCUT2D eigenvalue weighted by molar-refractivity contribution is -0.120. The summed E-state index contributed by atoms with van der Waals surface area (Å²) in [5, 5.41) is 0. The van der Waals surface area contributed by atoms with Crippen molar-refractivity contribution < 1.29 is 14.3 Å². The number of carbonyl (C=O) groups is 2. The van der Waals surface area contributed by atoms with E-state index >= 15 is 0 Å². The third-order valence-corrected chi connectivity index (χ3v) is 2.11. The number of nitrogens with two attached hydrogens (primary N) is 3. The van der Waals surface area contributed by atoms with Crippen LogP contribution in [0.3, 0.4) is 0 Å². The van der Waals surface area contributed by atoms with Crippen LogP contribution in [0, 0.1) is 0 Å².